The van der Waals surface area contributed by atoms with E-state index in [0.717, 1.165) is 16.7 Å². The van der Waals surface area contributed by atoms with Crippen LogP contribution in [0.3, 0.4) is 0 Å². The van der Waals surface area contributed by atoms with E-state index >= 15 is 0 Å². The first-order chi connectivity index (χ1) is 8.02. The highest BCUT2D eigenvalue weighted by molar-refractivity contribution is 9.10. The van der Waals surface area contributed by atoms with Crippen LogP contribution in [-0.4, -0.2) is 32.1 Å². The van der Waals surface area contributed by atoms with Crippen molar-refractivity contribution in [2.75, 3.05) is 18.1 Å². The van der Waals surface area contributed by atoms with Gasteiger partial charge in [-0.1, -0.05) is 0 Å². The van der Waals surface area contributed by atoms with Gasteiger partial charge >= 0.3 is 0 Å². The summed E-state index contributed by atoms with van der Waals surface area (Å²) in [5.74, 6) is 0.666. The van der Waals surface area contributed by atoms with Crippen LogP contribution in [0.5, 0.6) is 0 Å². The molecular weight excluding hydrogens is 300 g/mol. The van der Waals surface area contributed by atoms with E-state index in [-0.39, 0.29) is 4.75 Å². The zero-order chi connectivity index (χ0) is 12.5. The molecule has 0 aliphatic heterocycles. The van der Waals surface area contributed by atoms with Gasteiger partial charge in [0.25, 0.3) is 0 Å². The Morgan fingerprint density at radius 2 is 2.29 bits per heavy atom. The van der Waals surface area contributed by atoms with E-state index in [4.69, 9.17) is 0 Å². The Labute approximate surface area is 113 Å². The number of aromatic nitrogens is 3. The standard InChI is InChI=1S/C11H15BrN4S/c1-11(2,17-3)7-13-10-14-9-8(12)5-4-6-16(9)15-10/h4-6H,7H2,1-3H3,(H,13,15). The Kier molecular flexibility index (Phi) is 3.63. The quantitative estimate of drug-likeness (QED) is 0.942. The highest BCUT2D eigenvalue weighted by Crippen LogP contribution is 2.22. The number of thioether (sulfide) groups is 1. The molecule has 92 valence electrons. The molecule has 0 spiro atoms. The monoisotopic (exact) mass is 314 g/mol. The van der Waals surface area contributed by atoms with Crippen molar-refractivity contribution in [3.63, 3.8) is 0 Å². The van der Waals surface area contributed by atoms with Gasteiger partial charge in [-0.25, -0.2) is 4.52 Å². The fourth-order valence-corrected chi connectivity index (χ4v) is 1.95. The molecule has 2 heterocycles. The van der Waals surface area contributed by atoms with Gasteiger partial charge in [0.15, 0.2) is 5.65 Å². The maximum Gasteiger partial charge on any atom is 0.243 e. The molecule has 2 aromatic rings. The molecule has 0 bridgehead atoms. The van der Waals surface area contributed by atoms with Crippen molar-refractivity contribution in [1.82, 2.24) is 14.6 Å². The van der Waals surface area contributed by atoms with Gasteiger partial charge in [-0.3, -0.25) is 0 Å². The summed E-state index contributed by atoms with van der Waals surface area (Å²) in [5, 5.41) is 7.63. The average molecular weight is 315 g/mol. The third kappa shape index (κ3) is 2.93. The molecule has 0 saturated heterocycles. The molecule has 0 aliphatic carbocycles. The lowest BCUT2D eigenvalue weighted by molar-refractivity contribution is 0.746. The van der Waals surface area contributed by atoms with Gasteiger partial charge in [0.1, 0.15) is 0 Å². The molecule has 0 unspecified atom stereocenters. The van der Waals surface area contributed by atoms with E-state index in [2.05, 4.69) is 51.4 Å². The smallest absolute Gasteiger partial charge is 0.243 e. The largest absolute Gasteiger partial charge is 0.352 e. The van der Waals surface area contributed by atoms with E-state index in [1.807, 2.05) is 30.1 Å². The fraction of sp³-hybridized carbons (Fsp3) is 0.455. The van der Waals surface area contributed by atoms with Crippen molar-refractivity contribution in [1.29, 1.82) is 0 Å². The minimum absolute atomic E-state index is 0.175. The first-order valence-electron chi connectivity index (χ1n) is 5.32. The number of halogens is 1. The minimum atomic E-state index is 0.175. The van der Waals surface area contributed by atoms with Crippen molar-refractivity contribution < 1.29 is 0 Å². The lowest BCUT2D eigenvalue weighted by Gasteiger charge is -2.21. The summed E-state index contributed by atoms with van der Waals surface area (Å²) < 4.78 is 2.89. The Balaban J connectivity index is 2.18. The van der Waals surface area contributed by atoms with Gasteiger partial charge in [0.2, 0.25) is 5.95 Å². The number of pyridine rings is 1. The van der Waals surface area contributed by atoms with Crippen LogP contribution in [0, 0.1) is 0 Å². The number of anilines is 1. The number of hydrogen-bond acceptors (Lipinski definition) is 4. The normalized spacial score (nSPS) is 12.0. The summed E-state index contributed by atoms with van der Waals surface area (Å²) in [7, 11) is 0. The fourth-order valence-electron chi connectivity index (χ4n) is 1.31. The van der Waals surface area contributed by atoms with Crippen LogP contribution in [0.4, 0.5) is 5.95 Å². The molecule has 0 fully saturated rings. The second kappa shape index (κ2) is 4.86. The van der Waals surface area contributed by atoms with E-state index in [1.54, 1.807) is 4.52 Å². The van der Waals surface area contributed by atoms with Gasteiger partial charge in [-0.15, -0.1) is 5.10 Å². The lowest BCUT2D eigenvalue weighted by atomic mass is 10.2. The third-order valence-corrected chi connectivity index (χ3v) is 4.41. The van der Waals surface area contributed by atoms with Gasteiger partial charge < -0.3 is 5.32 Å². The minimum Gasteiger partial charge on any atom is -0.352 e. The maximum absolute atomic E-state index is 4.43. The number of fused-ring (bicyclic) bond motifs is 1. The molecule has 6 heteroatoms. The molecule has 0 radical (unpaired) electrons. The predicted molar refractivity (Wildman–Crippen MR) is 76.8 cm³/mol. The number of nitrogens with one attached hydrogen (secondary N) is 1. The highest BCUT2D eigenvalue weighted by Gasteiger charge is 2.16. The van der Waals surface area contributed by atoms with Crippen molar-refractivity contribution in [2.45, 2.75) is 18.6 Å². The summed E-state index contributed by atoms with van der Waals surface area (Å²) in [5.41, 5.74) is 0.831. The molecular formula is C11H15BrN4S. The molecule has 2 rings (SSSR count). The summed E-state index contributed by atoms with van der Waals surface area (Å²) in [6.45, 7) is 5.22. The van der Waals surface area contributed by atoms with Gasteiger partial charge in [-0.05, 0) is 48.2 Å². The number of hydrogen-bond donors (Lipinski definition) is 1. The molecule has 0 amide bonds. The molecule has 1 N–H and O–H groups in total. The first kappa shape index (κ1) is 12.7. The van der Waals surface area contributed by atoms with Gasteiger partial charge in [-0.2, -0.15) is 16.7 Å². The maximum atomic E-state index is 4.43. The summed E-state index contributed by atoms with van der Waals surface area (Å²) in [6.07, 6.45) is 3.99. The van der Waals surface area contributed by atoms with Crippen molar-refractivity contribution in [3.05, 3.63) is 22.8 Å². The number of rotatable bonds is 4. The number of nitrogens with zero attached hydrogens (tertiary/aromatic N) is 3. The van der Waals surface area contributed by atoms with Crippen molar-refractivity contribution in [2.24, 2.45) is 0 Å². The second-order valence-electron chi connectivity index (χ2n) is 4.38. The first-order valence-corrected chi connectivity index (χ1v) is 7.33. The Morgan fingerprint density at radius 1 is 1.53 bits per heavy atom. The van der Waals surface area contributed by atoms with E-state index in [0.29, 0.717) is 5.95 Å². The molecule has 0 saturated carbocycles. The van der Waals surface area contributed by atoms with Crippen molar-refractivity contribution >= 4 is 39.3 Å². The third-order valence-electron chi connectivity index (χ3n) is 2.54. The Bertz CT molecular complexity index is 523. The molecule has 0 aromatic carbocycles. The van der Waals surface area contributed by atoms with Gasteiger partial charge in [0, 0.05) is 17.5 Å². The second-order valence-corrected chi connectivity index (χ2v) is 6.74. The molecule has 2 aromatic heterocycles. The molecule has 4 nitrogen and oxygen atoms in total. The van der Waals surface area contributed by atoms with Crippen LogP contribution < -0.4 is 5.32 Å². The average Bonchev–Trinajstić information content (AvgIpc) is 2.71. The topological polar surface area (TPSA) is 42.2 Å². The van der Waals surface area contributed by atoms with Crippen LogP contribution >= 0.6 is 27.7 Å². The zero-order valence-electron chi connectivity index (χ0n) is 10.1. The Morgan fingerprint density at radius 3 is 2.94 bits per heavy atom. The lowest BCUT2D eigenvalue weighted by Crippen LogP contribution is -2.26. The van der Waals surface area contributed by atoms with E-state index in [1.165, 1.54) is 0 Å². The summed E-state index contributed by atoms with van der Waals surface area (Å²) >= 11 is 5.28. The van der Waals surface area contributed by atoms with Crippen LogP contribution in [0.2, 0.25) is 0 Å². The van der Waals surface area contributed by atoms with E-state index < -0.39 is 0 Å². The highest BCUT2D eigenvalue weighted by atomic mass is 79.9. The van der Waals surface area contributed by atoms with Crippen LogP contribution in [0.1, 0.15) is 13.8 Å². The van der Waals surface area contributed by atoms with Crippen LogP contribution in [0.15, 0.2) is 22.8 Å². The molecule has 17 heavy (non-hydrogen) atoms. The zero-order valence-corrected chi connectivity index (χ0v) is 12.5. The van der Waals surface area contributed by atoms with Crippen LogP contribution in [0.25, 0.3) is 5.65 Å². The SMILES string of the molecule is CSC(C)(C)CNc1nc2c(Br)cccn2n1. The van der Waals surface area contributed by atoms with Gasteiger partial charge in [0.05, 0.1) is 4.47 Å². The van der Waals surface area contributed by atoms with E-state index in [9.17, 15) is 0 Å². The molecule has 0 aliphatic rings. The van der Waals surface area contributed by atoms with Crippen molar-refractivity contribution in [3.8, 4) is 0 Å². The predicted octanol–water partition coefficient (Wildman–Crippen LogP) is 3.05. The summed E-state index contributed by atoms with van der Waals surface area (Å²) in [6, 6.07) is 3.89. The summed E-state index contributed by atoms with van der Waals surface area (Å²) in [4.78, 5) is 4.43. The Hall–Kier alpha value is -0.750. The van der Waals surface area contributed by atoms with Crippen LogP contribution in [-0.2, 0) is 0 Å². The molecule has 0 atom stereocenters.